The Hall–Kier alpha value is -3.25. The molecular formula is C20H24BrN9O2. The lowest BCUT2D eigenvalue weighted by Gasteiger charge is -2.18. The molecule has 0 aliphatic rings. The molecule has 0 bridgehead atoms. The average Bonchev–Trinajstić information content (AvgIpc) is 3.36. The number of methoxy groups -OCH3 is 1. The fourth-order valence-electron chi connectivity index (χ4n) is 3.38. The Balaban J connectivity index is 1.66. The van der Waals surface area contributed by atoms with Gasteiger partial charge in [-0.15, -0.1) is 0 Å². The summed E-state index contributed by atoms with van der Waals surface area (Å²) >= 11 is 3.58. The number of pyridine rings is 1. The first-order chi connectivity index (χ1) is 15.4. The Kier molecular flexibility index (Phi) is 6.24. The molecule has 11 nitrogen and oxygen atoms in total. The van der Waals surface area contributed by atoms with Crippen LogP contribution in [-0.4, -0.2) is 87.2 Å². The number of ether oxygens (including phenoxy) is 1. The number of carbonyl (C=O) groups is 1. The molecule has 0 radical (unpaired) electrons. The lowest BCUT2D eigenvalue weighted by atomic mass is 10.2. The van der Waals surface area contributed by atoms with Crippen molar-refractivity contribution < 1.29 is 9.53 Å². The van der Waals surface area contributed by atoms with Gasteiger partial charge in [0.25, 0.3) is 5.91 Å². The molecule has 0 aliphatic heterocycles. The number of anilines is 2. The number of aromatic amines is 2. The van der Waals surface area contributed by atoms with Gasteiger partial charge in [-0.1, -0.05) is 0 Å². The average molecular weight is 502 g/mol. The van der Waals surface area contributed by atoms with Crippen molar-refractivity contribution in [2.45, 2.75) is 6.42 Å². The molecule has 0 atom stereocenters. The molecule has 4 aromatic heterocycles. The second-order valence-corrected chi connectivity index (χ2v) is 8.41. The SMILES string of the molecule is COc1nc2[nH]ncc2cc1Nc1ncnc2[nH]c(C(=O)N(C)CCCN(C)C)c(Br)c12. The van der Waals surface area contributed by atoms with E-state index in [4.69, 9.17) is 4.74 Å². The predicted molar refractivity (Wildman–Crippen MR) is 125 cm³/mol. The van der Waals surface area contributed by atoms with E-state index in [-0.39, 0.29) is 5.91 Å². The standard InChI is InChI=1S/C20H24BrN9O2/c1-29(2)6-5-7-30(3)20(31)15-14(21)13-17(22-10-23-18(13)26-15)25-12-8-11-9-24-28-16(11)27-19(12)32-4/h8-10H,5-7H2,1-4H3,(H,24,27,28)(H2,22,23,25,26). The van der Waals surface area contributed by atoms with Gasteiger partial charge >= 0.3 is 0 Å². The maximum absolute atomic E-state index is 13.0. The summed E-state index contributed by atoms with van der Waals surface area (Å²) in [6, 6.07) is 1.86. The topological polar surface area (TPSA) is 128 Å². The van der Waals surface area contributed by atoms with Gasteiger partial charge in [-0.2, -0.15) is 10.1 Å². The van der Waals surface area contributed by atoms with Gasteiger partial charge < -0.3 is 24.8 Å². The summed E-state index contributed by atoms with van der Waals surface area (Å²) in [7, 11) is 7.36. The van der Waals surface area contributed by atoms with Crippen LogP contribution in [0.15, 0.2) is 23.1 Å². The molecule has 0 aromatic carbocycles. The van der Waals surface area contributed by atoms with E-state index in [0.717, 1.165) is 18.4 Å². The molecule has 168 valence electrons. The van der Waals surface area contributed by atoms with Crippen LogP contribution in [0, 0.1) is 0 Å². The third kappa shape index (κ3) is 4.23. The minimum absolute atomic E-state index is 0.126. The van der Waals surface area contributed by atoms with Gasteiger partial charge in [0, 0.05) is 19.0 Å². The van der Waals surface area contributed by atoms with Crippen molar-refractivity contribution in [3.63, 3.8) is 0 Å². The molecule has 0 spiro atoms. The van der Waals surface area contributed by atoms with Gasteiger partial charge in [0.05, 0.1) is 23.2 Å². The fourth-order valence-corrected chi connectivity index (χ4v) is 4.03. The molecule has 1 amide bonds. The maximum atomic E-state index is 13.0. The predicted octanol–water partition coefficient (Wildman–Crippen LogP) is 2.77. The number of halogens is 1. The van der Waals surface area contributed by atoms with Crippen molar-refractivity contribution in [2.75, 3.05) is 46.7 Å². The summed E-state index contributed by atoms with van der Waals surface area (Å²) in [5.74, 6) is 0.770. The second-order valence-electron chi connectivity index (χ2n) is 7.62. The number of carbonyl (C=O) groups excluding carboxylic acids is 1. The van der Waals surface area contributed by atoms with Crippen LogP contribution < -0.4 is 10.1 Å². The zero-order valence-electron chi connectivity index (χ0n) is 18.2. The minimum Gasteiger partial charge on any atom is -0.479 e. The summed E-state index contributed by atoms with van der Waals surface area (Å²) in [5.41, 5.74) is 2.19. The zero-order valence-corrected chi connectivity index (χ0v) is 19.8. The van der Waals surface area contributed by atoms with E-state index < -0.39 is 0 Å². The number of fused-ring (bicyclic) bond motifs is 2. The largest absolute Gasteiger partial charge is 0.479 e. The van der Waals surface area contributed by atoms with Gasteiger partial charge in [-0.25, -0.2) is 9.97 Å². The lowest BCUT2D eigenvalue weighted by molar-refractivity contribution is 0.0785. The molecule has 0 aliphatic carbocycles. The molecule has 0 unspecified atom stereocenters. The lowest BCUT2D eigenvalue weighted by Crippen LogP contribution is -2.30. The Morgan fingerprint density at radius 1 is 1.22 bits per heavy atom. The van der Waals surface area contributed by atoms with Gasteiger partial charge in [0.2, 0.25) is 5.88 Å². The summed E-state index contributed by atoms with van der Waals surface area (Å²) in [6.45, 7) is 1.55. The molecule has 32 heavy (non-hydrogen) atoms. The van der Waals surface area contributed by atoms with E-state index in [2.05, 4.69) is 56.3 Å². The van der Waals surface area contributed by atoms with Crippen LogP contribution in [0.4, 0.5) is 11.5 Å². The molecule has 0 saturated carbocycles. The van der Waals surface area contributed by atoms with Crippen LogP contribution in [0.25, 0.3) is 22.1 Å². The number of amides is 1. The third-order valence-corrected chi connectivity index (χ3v) is 5.82. The van der Waals surface area contributed by atoms with E-state index in [1.165, 1.54) is 6.33 Å². The summed E-state index contributed by atoms with van der Waals surface area (Å²) in [4.78, 5) is 33.1. The highest BCUT2D eigenvalue weighted by Crippen LogP contribution is 2.35. The minimum atomic E-state index is -0.126. The first-order valence-corrected chi connectivity index (χ1v) is 10.8. The highest BCUT2D eigenvalue weighted by atomic mass is 79.9. The summed E-state index contributed by atoms with van der Waals surface area (Å²) in [5, 5.41) is 11.6. The molecule has 0 fully saturated rings. The van der Waals surface area contributed by atoms with Crippen LogP contribution in [0.2, 0.25) is 0 Å². The second kappa shape index (κ2) is 9.09. The van der Waals surface area contributed by atoms with Crippen molar-refractivity contribution in [3.8, 4) is 5.88 Å². The molecule has 4 heterocycles. The monoisotopic (exact) mass is 501 g/mol. The number of hydrogen-bond donors (Lipinski definition) is 3. The van der Waals surface area contributed by atoms with E-state index >= 15 is 0 Å². The number of aromatic nitrogens is 6. The first-order valence-electron chi connectivity index (χ1n) is 9.96. The highest BCUT2D eigenvalue weighted by molar-refractivity contribution is 9.10. The van der Waals surface area contributed by atoms with Gasteiger partial charge in [-0.05, 0) is 49.1 Å². The molecule has 3 N–H and O–H groups in total. The van der Waals surface area contributed by atoms with Crippen molar-refractivity contribution in [1.29, 1.82) is 0 Å². The number of hydrogen-bond acceptors (Lipinski definition) is 8. The van der Waals surface area contributed by atoms with E-state index in [1.54, 1.807) is 25.3 Å². The molecule has 4 aromatic rings. The van der Waals surface area contributed by atoms with Crippen molar-refractivity contribution in [2.24, 2.45) is 0 Å². The molecule has 12 heteroatoms. The highest BCUT2D eigenvalue weighted by Gasteiger charge is 2.23. The van der Waals surface area contributed by atoms with Gasteiger partial charge in [0.15, 0.2) is 5.65 Å². The van der Waals surface area contributed by atoms with E-state index in [9.17, 15) is 4.79 Å². The van der Waals surface area contributed by atoms with E-state index in [0.29, 0.717) is 50.8 Å². The number of rotatable bonds is 8. The van der Waals surface area contributed by atoms with Crippen LogP contribution in [0.1, 0.15) is 16.9 Å². The Morgan fingerprint density at radius 3 is 2.78 bits per heavy atom. The smallest absolute Gasteiger partial charge is 0.271 e. The number of H-pyrrole nitrogens is 2. The quantitative estimate of drug-likeness (QED) is 0.336. The number of nitrogens with zero attached hydrogens (tertiary/aromatic N) is 6. The molecule has 4 rings (SSSR count). The van der Waals surface area contributed by atoms with Crippen LogP contribution in [-0.2, 0) is 0 Å². The first kappa shape index (κ1) is 22.0. The number of nitrogens with one attached hydrogen (secondary N) is 3. The molecular weight excluding hydrogens is 478 g/mol. The van der Waals surface area contributed by atoms with Crippen molar-refractivity contribution >= 4 is 55.4 Å². The van der Waals surface area contributed by atoms with Crippen LogP contribution in [0.3, 0.4) is 0 Å². The zero-order chi connectivity index (χ0) is 22.8. The third-order valence-electron chi connectivity index (χ3n) is 5.03. The fraction of sp³-hybridized carbons (Fsp3) is 0.350. The summed E-state index contributed by atoms with van der Waals surface area (Å²) in [6.07, 6.45) is 3.99. The molecule has 0 saturated heterocycles. The van der Waals surface area contributed by atoms with E-state index in [1.807, 2.05) is 20.2 Å². The summed E-state index contributed by atoms with van der Waals surface area (Å²) < 4.78 is 6.01. The Bertz CT molecular complexity index is 1270. The van der Waals surface area contributed by atoms with Gasteiger partial charge in [0.1, 0.15) is 29.2 Å². The van der Waals surface area contributed by atoms with Crippen LogP contribution >= 0.6 is 15.9 Å². The normalized spacial score (nSPS) is 11.4. The maximum Gasteiger partial charge on any atom is 0.271 e. The Morgan fingerprint density at radius 2 is 2.03 bits per heavy atom. The van der Waals surface area contributed by atoms with Crippen molar-refractivity contribution in [1.82, 2.24) is 39.9 Å². The van der Waals surface area contributed by atoms with Crippen LogP contribution in [0.5, 0.6) is 5.88 Å². The van der Waals surface area contributed by atoms with Crippen molar-refractivity contribution in [3.05, 3.63) is 28.8 Å². The van der Waals surface area contributed by atoms with Gasteiger partial charge in [-0.3, -0.25) is 9.89 Å². The Labute approximate surface area is 192 Å².